The molecule has 0 bridgehead atoms. The van der Waals surface area contributed by atoms with Crippen molar-refractivity contribution in [1.82, 2.24) is 9.88 Å². The Hall–Kier alpha value is -1.86. The lowest BCUT2D eigenvalue weighted by Gasteiger charge is -2.29. The summed E-state index contributed by atoms with van der Waals surface area (Å²) in [7, 11) is 0. The number of carbonyl (C=O) groups is 2. The zero-order chi connectivity index (χ0) is 18.6. The fraction of sp³-hybridized carbons (Fsp3) is 0.450. The SMILES string of the molecule is C[C@@]12CCC(=O)N1[C@H](C(=O)Nc1nc(-c3ccc4c(c3)CCC4)cs1)CS2. The van der Waals surface area contributed by atoms with E-state index in [0.717, 1.165) is 24.1 Å². The van der Waals surface area contributed by atoms with Crippen molar-refractivity contribution < 1.29 is 9.59 Å². The Labute approximate surface area is 166 Å². The van der Waals surface area contributed by atoms with Crippen LogP contribution in [0.2, 0.25) is 0 Å². The third kappa shape index (κ3) is 2.88. The summed E-state index contributed by atoms with van der Waals surface area (Å²) in [6.45, 7) is 2.06. The van der Waals surface area contributed by atoms with Gasteiger partial charge in [-0.25, -0.2) is 4.98 Å². The first kappa shape index (κ1) is 17.3. The predicted octanol–water partition coefficient (Wildman–Crippen LogP) is 3.69. The van der Waals surface area contributed by atoms with Crippen LogP contribution in [-0.4, -0.2) is 38.4 Å². The molecule has 1 aromatic carbocycles. The van der Waals surface area contributed by atoms with Gasteiger partial charge in [0.25, 0.3) is 0 Å². The molecular formula is C20H21N3O2S2. The Morgan fingerprint density at radius 1 is 1.30 bits per heavy atom. The molecular weight excluding hydrogens is 378 g/mol. The molecule has 7 heteroatoms. The molecule has 140 valence electrons. The van der Waals surface area contributed by atoms with Crippen LogP contribution in [0.5, 0.6) is 0 Å². The number of aryl methyl sites for hydroxylation is 2. The van der Waals surface area contributed by atoms with Gasteiger partial charge in [-0.1, -0.05) is 12.1 Å². The molecule has 2 amide bonds. The van der Waals surface area contributed by atoms with Crippen LogP contribution in [0, 0.1) is 0 Å². The molecule has 2 aliphatic heterocycles. The molecule has 0 spiro atoms. The van der Waals surface area contributed by atoms with Crippen molar-refractivity contribution >= 4 is 40.0 Å². The molecule has 0 radical (unpaired) electrons. The summed E-state index contributed by atoms with van der Waals surface area (Å²) in [4.78, 5) is 31.2. The van der Waals surface area contributed by atoms with E-state index in [0.29, 0.717) is 17.3 Å². The number of anilines is 1. The second-order valence-corrected chi connectivity index (χ2v) is 9.99. The second-order valence-electron chi connectivity index (χ2n) is 7.63. The normalized spacial score (nSPS) is 26.3. The highest BCUT2D eigenvalue weighted by molar-refractivity contribution is 8.01. The predicted molar refractivity (Wildman–Crippen MR) is 109 cm³/mol. The van der Waals surface area contributed by atoms with Gasteiger partial charge in [-0.15, -0.1) is 23.1 Å². The van der Waals surface area contributed by atoms with Crippen LogP contribution in [-0.2, 0) is 22.4 Å². The molecule has 2 saturated heterocycles. The Kier molecular flexibility index (Phi) is 4.05. The third-order valence-corrected chi connectivity index (χ3v) is 8.14. The van der Waals surface area contributed by atoms with Crippen molar-refractivity contribution in [2.45, 2.75) is 49.9 Å². The Bertz CT molecular complexity index is 941. The van der Waals surface area contributed by atoms with E-state index in [9.17, 15) is 9.59 Å². The van der Waals surface area contributed by atoms with Crippen LogP contribution < -0.4 is 5.32 Å². The van der Waals surface area contributed by atoms with Crippen LogP contribution in [0.4, 0.5) is 5.13 Å². The van der Waals surface area contributed by atoms with Crippen LogP contribution in [0.15, 0.2) is 23.6 Å². The average Bonchev–Trinajstić information content (AvgIpc) is 3.40. The van der Waals surface area contributed by atoms with Gasteiger partial charge in [0, 0.05) is 23.1 Å². The van der Waals surface area contributed by atoms with Gasteiger partial charge in [0.05, 0.1) is 10.6 Å². The van der Waals surface area contributed by atoms with E-state index in [4.69, 9.17) is 0 Å². The summed E-state index contributed by atoms with van der Waals surface area (Å²) in [5, 5.41) is 5.52. The molecule has 3 aliphatic rings. The van der Waals surface area contributed by atoms with E-state index in [1.165, 1.54) is 35.3 Å². The third-order valence-electron chi connectivity index (χ3n) is 5.88. The Morgan fingerprint density at radius 3 is 3.04 bits per heavy atom. The molecule has 0 unspecified atom stereocenters. The summed E-state index contributed by atoms with van der Waals surface area (Å²) in [5.41, 5.74) is 4.86. The van der Waals surface area contributed by atoms with Crippen LogP contribution in [0.1, 0.15) is 37.3 Å². The molecule has 0 saturated carbocycles. The van der Waals surface area contributed by atoms with E-state index < -0.39 is 6.04 Å². The summed E-state index contributed by atoms with van der Waals surface area (Å²) < 4.78 is 0. The summed E-state index contributed by atoms with van der Waals surface area (Å²) in [6, 6.07) is 6.14. The fourth-order valence-corrected chi connectivity index (χ4v) is 6.55. The maximum absolute atomic E-state index is 12.8. The van der Waals surface area contributed by atoms with Crippen LogP contribution in [0.3, 0.4) is 0 Å². The summed E-state index contributed by atoms with van der Waals surface area (Å²) in [6.07, 6.45) is 4.89. The molecule has 1 aliphatic carbocycles. The first-order valence-electron chi connectivity index (χ1n) is 9.38. The Balaban J connectivity index is 1.32. The first-order valence-corrected chi connectivity index (χ1v) is 11.2. The number of aromatic nitrogens is 1. The molecule has 2 fully saturated rings. The highest BCUT2D eigenvalue weighted by Gasteiger charge is 2.52. The molecule has 27 heavy (non-hydrogen) atoms. The van der Waals surface area contributed by atoms with Crippen molar-refractivity contribution in [1.29, 1.82) is 0 Å². The van der Waals surface area contributed by atoms with E-state index in [1.54, 1.807) is 16.7 Å². The highest BCUT2D eigenvalue weighted by Crippen LogP contribution is 2.47. The number of carbonyl (C=O) groups excluding carboxylic acids is 2. The van der Waals surface area contributed by atoms with Gasteiger partial charge in [0.1, 0.15) is 6.04 Å². The highest BCUT2D eigenvalue weighted by atomic mass is 32.2. The zero-order valence-corrected chi connectivity index (χ0v) is 16.8. The smallest absolute Gasteiger partial charge is 0.249 e. The van der Waals surface area contributed by atoms with Crippen LogP contribution in [0.25, 0.3) is 11.3 Å². The Morgan fingerprint density at radius 2 is 2.15 bits per heavy atom. The van der Waals surface area contributed by atoms with Gasteiger partial charge in [0.15, 0.2) is 5.13 Å². The van der Waals surface area contributed by atoms with E-state index in [-0.39, 0.29) is 16.7 Å². The maximum Gasteiger partial charge on any atom is 0.249 e. The number of fused-ring (bicyclic) bond motifs is 2. The topological polar surface area (TPSA) is 62.3 Å². The quantitative estimate of drug-likeness (QED) is 0.855. The number of amides is 2. The van der Waals surface area contributed by atoms with Gasteiger partial charge < -0.3 is 10.2 Å². The number of thioether (sulfide) groups is 1. The van der Waals surface area contributed by atoms with Gasteiger partial charge in [-0.3, -0.25) is 9.59 Å². The number of nitrogens with one attached hydrogen (secondary N) is 1. The number of thiazole rings is 1. The molecule has 1 N–H and O–H groups in total. The van der Waals surface area contributed by atoms with Crippen molar-refractivity contribution in [3.05, 3.63) is 34.7 Å². The molecule has 2 aromatic rings. The van der Waals surface area contributed by atoms with Gasteiger partial charge >= 0.3 is 0 Å². The van der Waals surface area contributed by atoms with Gasteiger partial charge in [0.2, 0.25) is 11.8 Å². The lowest BCUT2D eigenvalue weighted by molar-refractivity contribution is -0.135. The molecule has 3 heterocycles. The number of hydrogen-bond donors (Lipinski definition) is 1. The maximum atomic E-state index is 12.8. The minimum absolute atomic E-state index is 0.0839. The number of rotatable bonds is 3. The standard InChI is InChI=1S/C20H21N3O2S2/c1-20-8-7-17(24)23(20)16(11-27-20)18(25)22-19-21-15(10-26-19)14-6-5-12-3-2-4-13(12)9-14/h5-6,9-10,16H,2-4,7-8,11H2,1H3,(H,21,22,25)/t16-,20+/m0/s1. The molecule has 1 aromatic heterocycles. The first-order chi connectivity index (χ1) is 13.0. The van der Waals surface area contributed by atoms with E-state index in [1.807, 2.05) is 5.38 Å². The van der Waals surface area contributed by atoms with Gasteiger partial charge in [-0.05, 0) is 49.8 Å². The van der Waals surface area contributed by atoms with Crippen molar-refractivity contribution in [3.63, 3.8) is 0 Å². The molecule has 5 nitrogen and oxygen atoms in total. The average molecular weight is 400 g/mol. The molecule has 5 rings (SSSR count). The number of nitrogens with zero attached hydrogens (tertiary/aromatic N) is 2. The monoisotopic (exact) mass is 399 g/mol. The summed E-state index contributed by atoms with van der Waals surface area (Å²) >= 11 is 3.14. The van der Waals surface area contributed by atoms with Crippen molar-refractivity contribution in [3.8, 4) is 11.3 Å². The lowest BCUT2D eigenvalue weighted by atomic mass is 10.1. The van der Waals surface area contributed by atoms with E-state index >= 15 is 0 Å². The van der Waals surface area contributed by atoms with E-state index in [2.05, 4.69) is 35.4 Å². The summed E-state index contributed by atoms with van der Waals surface area (Å²) in [5.74, 6) is 0.605. The van der Waals surface area contributed by atoms with Crippen molar-refractivity contribution in [2.24, 2.45) is 0 Å². The minimum Gasteiger partial charge on any atom is -0.315 e. The fourth-order valence-electron chi connectivity index (χ4n) is 4.40. The number of hydrogen-bond acceptors (Lipinski definition) is 5. The van der Waals surface area contributed by atoms with Crippen molar-refractivity contribution in [2.75, 3.05) is 11.1 Å². The lowest BCUT2D eigenvalue weighted by Crippen LogP contribution is -2.48. The minimum atomic E-state index is -0.401. The number of benzene rings is 1. The van der Waals surface area contributed by atoms with Gasteiger partial charge in [-0.2, -0.15) is 0 Å². The molecule has 2 atom stereocenters. The zero-order valence-electron chi connectivity index (χ0n) is 15.2. The van der Waals surface area contributed by atoms with Crippen LogP contribution >= 0.6 is 23.1 Å². The second kappa shape index (κ2) is 6.34. The largest absolute Gasteiger partial charge is 0.315 e.